The van der Waals surface area contributed by atoms with Crippen molar-refractivity contribution in [1.29, 1.82) is 0 Å². The van der Waals surface area contributed by atoms with Crippen molar-refractivity contribution >= 4 is 22.6 Å². The van der Waals surface area contributed by atoms with Gasteiger partial charge in [0.25, 0.3) is 0 Å². The van der Waals surface area contributed by atoms with Gasteiger partial charge < -0.3 is 4.74 Å². The maximum Gasteiger partial charge on any atom is 0.0695 e. The predicted octanol–water partition coefficient (Wildman–Crippen LogP) is 2.63. The summed E-state index contributed by atoms with van der Waals surface area (Å²) in [6.07, 6.45) is 3.07. The number of ether oxygens (including phenoxy) is 1. The fourth-order valence-electron chi connectivity index (χ4n) is 1.28. The summed E-state index contributed by atoms with van der Waals surface area (Å²) in [7, 11) is 0. The number of hydrogen-bond acceptors (Lipinski definition) is 1. The zero-order chi connectivity index (χ0) is 7.56. The van der Waals surface area contributed by atoms with E-state index in [0.717, 1.165) is 12.5 Å². The lowest BCUT2D eigenvalue weighted by Gasteiger charge is -2.19. The molecule has 0 saturated carbocycles. The summed E-state index contributed by atoms with van der Waals surface area (Å²) in [6, 6.07) is 0. The van der Waals surface area contributed by atoms with Gasteiger partial charge in [0.05, 0.1) is 6.10 Å². The van der Waals surface area contributed by atoms with E-state index in [0.29, 0.717) is 10.0 Å². The van der Waals surface area contributed by atoms with E-state index in [-0.39, 0.29) is 0 Å². The summed E-state index contributed by atoms with van der Waals surface area (Å²) in [5.41, 5.74) is 0. The summed E-state index contributed by atoms with van der Waals surface area (Å²) in [5.74, 6) is 0.753. The Morgan fingerprint density at radius 3 is 2.60 bits per heavy atom. The van der Waals surface area contributed by atoms with Crippen molar-refractivity contribution < 1.29 is 4.74 Å². The largest absolute Gasteiger partial charge is 0.377 e. The molecule has 0 aromatic carbocycles. The highest BCUT2D eigenvalue weighted by Gasteiger charge is 2.25. The molecule has 1 aliphatic rings. The molecule has 0 aliphatic carbocycles. The lowest BCUT2D eigenvalue weighted by molar-refractivity contribution is 0.103. The average molecular weight is 254 g/mol. The highest BCUT2D eigenvalue weighted by molar-refractivity contribution is 14.1. The number of rotatable bonds is 2. The van der Waals surface area contributed by atoms with Crippen LogP contribution in [0.15, 0.2) is 0 Å². The van der Waals surface area contributed by atoms with Crippen molar-refractivity contribution in [2.24, 2.45) is 5.92 Å². The molecular formula is C8H15IO. The molecule has 0 aromatic rings. The van der Waals surface area contributed by atoms with Gasteiger partial charge in [0.2, 0.25) is 0 Å². The van der Waals surface area contributed by atoms with E-state index in [2.05, 4.69) is 36.4 Å². The molecular weight excluding hydrogens is 239 g/mol. The van der Waals surface area contributed by atoms with Crippen LogP contribution in [0.3, 0.4) is 0 Å². The molecule has 0 N–H and O–H groups in total. The fraction of sp³-hybridized carbons (Fsp3) is 1.00. The zero-order valence-electron chi connectivity index (χ0n) is 6.64. The molecule has 0 aromatic heterocycles. The van der Waals surface area contributed by atoms with Gasteiger partial charge in [0, 0.05) is 10.5 Å². The Morgan fingerprint density at radius 1 is 1.50 bits per heavy atom. The van der Waals surface area contributed by atoms with Crippen molar-refractivity contribution in [1.82, 2.24) is 0 Å². The smallest absolute Gasteiger partial charge is 0.0695 e. The molecule has 1 heterocycles. The quantitative estimate of drug-likeness (QED) is 0.543. The zero-order valence-corrected chi connectivity index (χ0v) is 8.80. The lowest BCUT2D eigenvalue weighted by atomic mass is 10.0. The minimum absolute atomic E-state index is 0.542. The summed E-state index contributed by atoms with van der Waals surface area (Å²) >= 11 is 2.51. The summed E-state index contributed by atoms with van der Waals surface area (Å²) in [4.78, 5) is 0. The average Bonchev–Trinajstić information content (AvgIpc) is 2.36. The summed E-state index contributed by atoms with van der Waals surface area (Å²) in [6.45, 7) is 5.51. The minimum atomic E-state index is 0.542. The lowest BCUT2D eigenvalue weighted by Crippen LogP contribution is -2.24. The first-order valence-electron chi connectivity index (χ1n) is 3.97. The Kier molecular flexibility index (Phi) is 3.43. The molecule has 60 valence electrons. The predicted molar refractivity (Wildman–Crippen MR) is 51.6 cm³/mol. The van der Waals surface area contributed by atoms with Gasteiger partial charge in [-0.05, 0) is 18.8 Å². The van der Waals surface area contributed by atoms with Crippen LogP contribution >= 0.6 is 22.6 Å². The van der Waals surface area contributed by atoms with E-state index in [4.69, 9.17) is 4.74 Å². The molecule has 1 rings (SSSR count). The Balaban J connectivity index is 2.32. The number of halogens is 1. The molecule has 1 fully saturated rings. The van der Waals surface area contributed by atoms with E-state index in [1.807, 2.05) is 0 Å². The molecule has 2 heteroatoms. The maximum atomic E-state index is 5.57. The Morgan fingerprint density at radius 2 is 2.20 bits per heavy atom. The van der Waals surface area contributed by atoms with Crippen molar-refractivity contribution in [3.63, 3.8) is 0 Å². The normalized spacial score (nSPS) is 29.4. The monoisotopic (exact) mass is 254 g/mol. The maximum absolute atomic E-state index is 5.57. The van der Waals surface area contributed by atoms with Crippen molar-refractivity contribution in [3.05, 3.63) is 0 Å². The second-order valence-corrected chi connectivity index (χ2v) is 4.68. The van der Waals surface area contributed by atoms with Crippen molar-refractivity contribution in [2.75, 3.05) is 6.61 Å². The summed E-state index contributed by atoms with van der Waals surface area (Å²) in [5, 5.41) is 0. The van der Waals surface area contributed by atoms with E-state index in [1.165, 1.54) is 12.8 Å². The van der Waals surface area contributed by atoms with Crippen LogP contribution in [0.1, 0.15) is 26.7 Å². The third-order valence-electron chi connectivity index (χ3n) is 1.96. The molecule has 2 atom stereocenters. The van der Waals surface area contributed by atoms with Crippen LogP contribution < -0.4 is 0 Å². The highest BCUT2D eigenvalue weighted by Crippen LogP contribution is 2.26. The third-order valence-corrected chi connectivity index (χ3v) is 4.20. The van der Waals surface area contributed by atoms with E-state index in [1.54, 1.807) is 0 Å². The second-order valence-electron chi connectivity index (χ2n) is 3.24. The first kappa shape index (κ1) is 8.78. The molecule has 10 heavy (non-hydrogen) atoms. The third kappa shape index (κ3) is 2.09. The van der Waals surface area contributed by atoms with Gasteiger partial charge >= 0.3 is 0 Å². The molecule has 0 amide bonds. The van der Waals surface area contributed by atoms with Gasteiger partial charge in [0.1, 0.15) is 0 Å². The first-order chi connectivity index (χ1) is 4.72. The van der Waals surface area contributed by atoms with E-state index < -0.39 is 0 Å². The standard InChI is InChI=1S/C8H15IO/c1-6(2)8(9)7-4-3-5-10-7/h6-8H,3-5H2,1-2H3/t7-,8?/m0/s1. The van der Waals surface area contributed by atoms with Gasteiger partial charge in [-0.15, -0.1) is 0 Å². The Bertz CT molecular complexity index is 97.4. The van der Waals surface area contributed by atoms with E-state index in [9.17, 15) is 0 Å². The Labute approximate surface area is 76.7 Å². The van der Waals surface area contributed by atoms with Gasteiger partial charge in [-0.3, -0.25) is 0 Å². The molecule has 0 radical (unpaired) electrons. The second kappa shape index (κ2) is 3.90. The van der Waals surface area contributed by atoms with Crippen molar-refractivity contribution in [3.8, 4) is 0 Å². The van der Waals surface area contributed by atoms with Crippen LogP contribution in [0.2, 0.25) is 0 Å². The molecule has 1 saturated heterocycles. The first-order valence-corrected chi connectivity index (χ1v) is 5.22. The SMILES string of the molecule is CC(C)C(I)[C@@H]1CCCO1. The van der Waals surface area contributed by atoms with Crippen LogP contribution in [0.4, 0.5) is 0 Å². The topological polar surface area (TPSA) is 9.23 Å². The van der Waals surface area contributed by atoms with Gasteiger partial charge in [0.15, 0.2) is 0 Å². The molecule has 0 bridgehead atoms. The summed E-state index contributed by atoms with van der Waals surface area (Å²) < 4.78 is 6.28. The van der Waals surface area contributed by atoms with Crippen LogP contribution in [0.25, 0.3) is 0 Å². The molecule has 1 aliphatic heterocycles. The van der Waals surface area contributed by atoms with Crippen LogP contribution in [0, 0.1) is 5.92 Å². The van der Waals surface area contributed by atoms with Gasteiger partial charge in [-0.25, -0.2) is 0 Å². The minimum Gasteiger partial charge on any atom is -0.377 e. The van der Waals surface area contributed by atoms with Gasteiger partial charge in [-0.1, -0.05) is 36.4 Å². The van der Waals surface area contributed by atoms with Crippen molar-refractivity contribution in [2.45, 2.75) is 36.7 Å². The Hall–Kier alpha value is 0.690. The number of hydrogen-bond donors (Lipinski definition) is 0. The molecule has 1 nitrogen and oxygen atoms in total. The molecule has 0 spiro atoms. The van der Waals surface area contributed by atoms with Crippen LogP contribution in [-0.4, -0.2) is 16.6 Å². The van der Waals surface area contributed by atoms with E-state index >= 15 is 0 Å². The highest BCUT2D eigenvalue weighted by atomic mass is 127. The molecule has 1 unspecified atom stereocenters. The van der Waals surface area contributed by atoms with Crippen LogP contribution in [0.5, 0.6) is 0 Å². The van der Waals surface area contributed by atoms with Gasteiger partial charge in [-0.2, -0.15) is 0 Å². The van der Waals surface area contributed by atoms with Crippen LogP contribution in [-0.2, 0) is 4.74 Å². The fourth-order valence-corrected chi connectivity index (χ4v) is 1.85. The number of alkyl halides is 1.